The third kappa shape index (κ3) is 4.31. The molecule has 1 aromatic carbocycles. The van der Waals surface area contributed by atoms with E-state index in [1.807, 2.05) is 0 Å². The topological polar surface area (TPSA) is 32.3 Å². The number of fused-ring (bicyclic) bond motifs is 2. The second-order valence-corrected chi connectivity index (χ2v) is 9.05. The number of benzene rings is 1. The van der Waals surface area contributed by atoms with E-state index in [9.17, 15) is 4.79 Å². The highest BCUT2D eigenvalue weighted by atomic mass is 16.1. The Morgan fingerprint density at radius 1 is 1.08 bits per heavy atom. The molecule has 4 rings (SSSR count). The van der Waals surface area contributed by atoms with Crippen LogP contribution in [0.5, 0.6) is 0 Å². The first kappa shape index (κ1) is 18.0. The summed E-state index contributed by atoms with van der Waals surface area (Å²) in [6.07, 6.45) is 10.2. The van der Waals surface area contributed by atoms with Crippen LogP contribution in [0.3, 0.4) is 0 Å². The van der Waals surface area contributed by atoms with E-state index < -0.39 is 0 Å². The highest BCUT2D eigenvalue weighted by Gasteiger charge is 2.39. The van der Waals surface area contributed by atoms with E-state index in [1.165, 1.54) is 62.6 Å². The highest BCUT2D eigenvalue weighted by molar-refractivity contribution is 5.76. The van der Waals surface area contributed by atoms with E-state index in [4.69, 9.17) is 0 Å². The van der Waals surface area contributed by atoms with Crippen molar-refractivity contribution in [3.63, 3.8) is 0 Å². The monoisotopic (exact) mass is 354 g/mol. The minimum absolute atomic E-state index is 0.244. The summed E-state index contributed by atoms with van der Waals surface area (Å²) in [4.78, 5) is 14.9. The Morgan fingerprint density at radius 2 is 1.88 bits per heavy atom. The van der Waals surface area contributed by atoms with Gasteiger partial charge in [-0.15, -0.1) is 0 Å². The SMILES string of the molecule is CC1CCCCN1Cc1ccc(CNC(=O)CC2CC3CCC2C3)cc1. The summed E-state index contributed by atoms with van der Waals surface area (Å²) in [6.45, 7) is 5.29. The number of nitrogens with one attached hydrogen (secondary N) is 1. The summed E-state index contributed by atoms with van der Waals surface area (Å²) in [7, 11) is 0. The van der Waals surface area contributed by atoms with Gasteiger partial charge in [0.15, 0.2) is 0 Å². The summed E-state index contributed by atoms with van der Waals surface area (Å²) in [6, 6.07) is 9.54. The molecule has 142 valence electrons. The van der Waals surface area contributed by atoms with Crippen LogP contribution in [0.25, 0.3) is 0 Å². The largest absolute Gasteiger partial charge is 0.352 e. The van der Waals surface area contributed by atoms with Crippen molar-refractivity contribution in [2.24, 2.45) is 17.8 Å². The zero-order chi connectivity index (χ0) is 17.9. The lowest BCUT2D eigenvalue weighted by Crippen LogP contribution is -2.36. The van der Waals surface area contributed by atoms with Gasteiger partial charge >= 0.3 is 0 Å². The smallest absolute Gasteiger partial charge is 0.220 e. The van der Waals surface area contributed by atoms with Gasteiger partial charge in [0.2, 0.25) is 5.91 Å². The van der Waals surface area contributed by atoms with E-state index in [0.717, 1.165) is 24.8 Å². The molecular formula is C23H34N2O. The molecule has 3 nitrogen and oxygen atoms in total. The quantitative estimate of drug-likeness (QED) is 0.815. The lowest BCUT2D eigenvalue weighted by molar-refractivity contribution is -0.122. The van der Waals surface area contributed by atoms with E-state index >= 15 is 0 Å². The molecule has 0 aromatic heterocycles. The molecule has 1 amide bonds. The number of rotatable bonds is 6. The molecule has 1 saturated heterocycles. The number of amides is 1. The lowest BCUT2D eigenvalue weighted by Gasteiger charge is -2.33. The number of piperidine rings is 1. The van der Waals surface area contributed by atoms with Gasteiger partial charge in [-0.25, -0.2) is 0 Å². The van der Waals surface area contributed by atoms with Crippen LogP contribution >= 0.6 is 0 Å². The second-order valence-electron chi connectivity index (χ2n) is 9.05. The maximum absolute atomic E-state index is 12.3. The van der Waals surface area contributed by atoms with Crippen molar-refractivity contribution < 1.29 is 4.79 Å². The Labute approximate surface area is 158 Å². The van der Waals surface area contributed by atoms with E-state index in [2.05, 4.69) is 41.4 Å². The van der Waals surface area contributed by atoms with Gasteiger partial charge in [0.1, 0.15) is 0 Å². The Kier molecular flexibility index (Phi) is 5.63. The molecule has 1 aromatic rings. The van der Waals surface area contributed by atoms with Crippen LogP contribution in [0.2, 0.25) is 0 Å². The fourth-order valence-corrected chi connectivity index (χ4v) is 5.53. The minimum atomic E-state index is 0.244. The van der Waals surface area contributed by atoms with Crippen LogP contribution in [0.4, 0.5) is 0 Å². The van der Waals surface area contributed by atoms with Crippen molar-refractivity contribution in [3.05, 3.63) is 35.4 Å². The molecule has 1 heterocycles. The third-order valence-electron chi connectivity index (χ3n) is 7.17. The van der Waals surface area contributed by atoms with Crippen LogP contribution in [0, 0.1) is 17.8 Å². The van der Waals surface area contributed by atoms with Crippen molar-refractivity contribution in [2.45, 2.75) is 77.4 Å². The first-order valence-electron chi connectivity index (χ1n) is 10.8. The number of carbonyl (C=O) groups excluding carboxylic acids is 1. The van der Waals surface area contributed by atoms with Gasteiger partial charge in [0.05, 0.1) is 0 Å². The lowest BCUT2D eigenvalue weighted by atomic mass is 9.86. The average Bonchev–Trinajstić information content (AvgIpc) is 3.26. The summed E-state index contributed by atoms with van der Waals surface area (Å²) >= 11 is 0. The summed E-state index contributed by atoms with van der Waals surface area (Å²) in [5.74, 6) is 2.66. The maximum Gasteiger partial charge on any atom is 0.220 e. The zero-order valence-corrected chi connectivity index (χ0v) is 16.3. The number of hydrogen-bond acceptors (Lipinski definition) is 2. The molecule has 2 aliphatic carbocycles. The predicted octanol–water partition coefficient (Wildman–Crippen LogP) is 4.50. The standard InChI is InChI=1S/C23H34N2O/c1-17-4-2-3-11-25(17)16-19-7-5-18(6-8-19)15-24-23(26)14-22-13-20-9-10-21(22)12-20/h5-8,17,20-22H,2-4,9-16H2,1H3,(H,24,26). The Hall–Kier alpha value is -1.35. The molecule has 1 aliphatic heterocycles. The first-order valence-corrected chi connectivity index (χ1v) is 10.8. The molecule has 4 atom stereocenters. The van der Waals surface area contributed by atoms with Crippen molar-refractivity contribution in [3.8, 4) is 0 Å². The summed E-state index contributed by atoms with van der Waals surface area (Å²) < 4.78 is 0. The average molecular weight is 355 g/mol. The predicted molar refractivity (Wildman–Crippen MR) is 106 cm³/mol. The Morgan fingerprint density at radius 3 is 2.58 bits per heavy atom. The van der Waals surface area contributed by atoms with Crippen molar-refractivity contribution in [1.82, 2.24) is 10.2 Å². The van der Waals surface area contributed by atoms with Crippen molar-refractivity contribution in [1.29, 1.82) is 0 Å². The molecule has 3 heteroatoms. The van der Waals surface area contributed by atoms with Gasteiger partial charge in [-0.05, 0) is 74.5 Å². The fourth-order valence-electron chi connectivity index (χ4n) is 5.53. The van der Waals surface area contributed by atoms with E-state index in [1.54, 1.807) is 0 Å². The number of nitrogens with zero attached hydrogens (tertiary/aromatic N) is 1. The van der Waals surface area contributed by atoms with Gasteiger partial charge in [-0.2, -0.15) is 0 Å². The third-order valence-corrected chi connectivity index (χ3v) is 7.17. The van der Waals surface area contributed by atoms with Crippen LogP contribution in [-0.2, 0) is 17.9 Å². The van der Waals surface area contributed by atoms with Gasteiger partial charge in [-0.3, -0.25) is 9.69 Å². The van der Waals surface area contributed by atoms with Gasteiger partial charge in [0.25, 0.3) is 0 Å². The van der Waals surface area contributed by atoms with Crippen LogP contribution in [0.1, 0.15) is 69.4 Å². The Bertz CT molecular complexity index is 611. The molecule has 0 radical (unpaired) electrons. The molecule has 2 bridgehead atoms. The minimum Gasteiger partial charge on any atom is -0.352 e. The molecule has 1 N–H and O–H groups in total. The molecule has 26 heavy (non-hydrogen) atoms. The van der Waals surface area contributed by atoms with E-state index in [-0.39, 0.29) is 5.91 Å². The first-order chi connectivity index (χ1) is 12.7. The van der Waals surface area contributed by atoms with Crippen LogP contribution < -0.4 is 5.32 Å². The molecular weight excluding hydrogens is 320 g/mol. The van der Waals surface area contributed by atoms with Crippen molar-refractivity contribution in [2.75, 3.05) is 6.54 Å². The Balaban J connectivity index is 1.22. The summed E-state index contributed by atoms with van der Waals surface area (Å²) in [5.41, 5.74) is 2.59. The normalized spacial score (nSPS) is 31.3. The molecule has 4 unspecified atom stereocenters. The fraction of sp³-hybridized carbons (Fsp3) is 0.696. The number of carbonyl (C=O) groups is 1. The van der Waals surface area contributed by atoms with Gasteiger partial charge < -0.3 is 5.32 Å². The molecule has 3 fully saturated rings. The highest BCUT2D eigenvalue weighted by Crippen LogP contribution is 2.49. The number of hydrogen-bond donors (Lipinski definition) is 1. The zero-order valence-electron chi connectivity index (χ0n) is 16.3. The van der Waals surface area contributed by atoms with E-state index in [0.29, 0.717) is 18.5 Å². The molecule has 0 spiro atoms. The number of likely N-dealkylation sites (tertiary alicyclic amines) is 1. The molecule has 2 saturated carbocycles. The van der Waals surface area contributed by atoms with Crippen LogP contribution in [-0.4, -0.2) is 23.4 Å². The van der Waals surface area contributed by atoms with Crippen molar-refractivity contribution >= 4 is 5.91 Å². The van der Waals surface area contributed by atoms with Crippen LogP contribution in [0.15, 0.2) is 24.3 Å². The molecule has 3 aliphatic rings. The second kappa shape index (κ2) is 8.12. The summed E-state index contributed by atoms with van der Waals surface area (Å²) in [5, 5.41) is 3.14. The van der Waals surface area contributed by atoms with Gasteiger partial charge in [0, 0.05) is 25.6 Å². The van der Waals surface area contributed by atoms with Gasteiger partial charge in [-0.1, -0.05) is 37.1 Å². The maximum atomic E-state index is 12.3.